The smallest absolute Gasteiger partial charge is 0.266 e. The van der Waals surface area contributed by atoms with E-state index in [0.717, 1.165) is 12.1 Å². The number of nitrogens with zero attached hydrogens (tertiary/aromatic N) is 3. The van der Waals surface area contributed by atoms with Crippen LogP contribution >= 0.6 is 11.3 Å². The Balaban J connectivity index is 2.32. The normalized spacial score (nSPS) is 10.5. The number of nitrogens with two attached hydrogens (primary N) is 1. The molecule has 0 aliphatic carbocycles. The largest absolute Gasteiger partial charge is 0.390 e. The summed E-state index contributed by atoms with van der Waals surface area (Å²) in [5.74, 6) is 1.06. The van der Waals surface area contributed by atoms with Gasteiger partial charge in [0.25, 0.3) is 11.8 Å². The highest BCUT2D eigenvalue weighted by Gasteiger charge is 2.13. The van der Waals surface area contributed by atoms with Gasteiger partial charge in [0.1, 0.15) is 0 Å². The fourth-order valence-electron chi connectivity index (χ4n) is 1.12. The van der Waals surface area contributed by atoms with E-state index in [1.165, 1.54) is 11.3 Å². The van der Waals surface area contributed by atoms with Gasteiger partial charge in [-0.25, -0.2) is 0 Å². The van der Waals surface area contributed by atoms with E-state index in [0.29, 0.717) is 16.8 Å². The summed E-state index contributed by atoms with van der Waals surface area (Å²) >= 11 is 1.46. The zero-order valence-electron chi connectivity index (χ0n) is 8.60. The number of hydrogen-bond donors (Lipinski definition) is 1. The lowest BCUT2D eigenvalue weighted by Crippen LogP contribution is -2.16. The molecular formula is C9H12N4OS. The van der Waals surface area contributed by atoms with Crippen molar-refractivity contribution in [3.05, 3.63) is 11.4 Å². The van der Waals surface area contributed by atoms with E-state index in [9.17, 15) is 0 Å². The van der Waals surface area contributed by atoms with E-state index in [2.05, 4.69) is 10.1 Å². The molecule has 0 saturated heterocycles. The lowest BCUT2D eigenvalue weighted by Gasteiger charge is -2.08. The van der Waals surface area contributed by atoms with Gasteiger partial charge in [-0.05, 0) is 23.5 Å². The molecule has 0 bridgehead atoms. The Labute approximate surface area is 91.5 Å². The number of hydrogen-bond acceptors (Lipinski definition) is 6. The van der Waals surface area contributed by atoms with Crippen molar-refractivity contribution in [3.8, 4) is 11.5 Å². The maximum absolute atomic E-state index is 5.77. The van der Waals surface area contributed by atoms with E-state index >= 15 is 0 Å². The van der Waals surface area contributed by atoms with Crippen molar-refractivity contribution in [1.82, 2.24) is 10.1 Å². The Kier molecular flexibility index (Phi) is 2.59. The molecule has 2 N–H and O–H groups in total. The summed E-state index contributed by atoms with van der Waals surface area (Å²) in [7, 11) is 1.91. The lowest BCUT2D eigenvalue weighted by molar-refractivity contribution is 0.430. The van der Waals surface area contributed by atoms with Crippen LogP contribution in [0.1, 0.15) is 6.92 Å². The highest BCUT2D eigenvalue weighted by atomic mass is 32.1. The zero-order valence-corrected chi connectivity index (χ0v) is 9.41. The first kappa shape index (κ1) is 9.97. The Morgan fingerprint density at radius 1 is 1.60 bits per heavy atom. The molecule has 0 aromatic carbocycles. The van der Waals surface area contributed by atoms with Crippen molar-refractivity contribution in [2.45, 2.75) is 6.92 Å². The van der Waals surface area contributed by atoms with E-state index in [1.54, 1.807) is 0 Å². The Morgan fingerprint density at radius 2 is 2.40 bits per heavy atom. The second kappa shape index (κ2) is 3.90. The van der Waals surface area contributed by atoms with Crippen molar-refractivity contribution in [2.75, 3.05) is 24.2 Å². The molecule has 0 amide bonds. The molecule has 6 heteroatoms. The molecule has 0 aliphatic rings. The minimum absolute atomic E-state index is 0.476. The number of rotatable bonds is 3. The standard InChI is InChI=1S/C9H12N4OS/c1-3-13(2)9-11-8(14-12-9)6-4-5-15-7(6)10/h4-5H,3,10H2,1-2H3. The summed E-state index contributed by atoms with van der Waals surface area (Å²) in [6.45, 7) is 2.85. The van der Waals surface area contributed by atoms with Gasteiger partial charge < -0.3 is 15.2 Å². The highest BCUT2D eigenvalue weighted by molar-refractivity contribution is 7.14. The molecule has 0 spiro atoms. The molecule has 2 heterocycles. The molecule has 2 aromatic rings. The average Bonchev–Trinajstić information content (AvgIpc) is 2.84. The van der Waals surface area contributed by atoms with Gasteiger partial charge in [0.05, 0.1) is 10.6 Å². The summed E-state index contributed by atoms with van der Waals surface area (Å²) in [6, 6.07) is 1.88. The molecule has 0 saturated carbocycles. The fourth-order valence-corrected chi connectivity index (χ4v) is 1.75. The Morgan fingerprint density at radius 3 is 3.00 bits per heavy atom. The van der Waals surface area contributed by atoms with E-state index in [4.69, 9.17) is 10.3 Å². The molecule has 0 aliphatic heterocycles. The van der Waals surface area contributed by atoms with Gasteiger partial charge in [0.2, 0.25) is 0 Å². The van der Waals surface area contributed by atoms with Crippen LogP contribution in [0.5, 0.6) is 0 Å². The predicted octanol–water partition coefficient (Wildman–Crippen LogP) is 1.84. The van der Waals surface area contributed by atoms with Crippen LogP contribution in [0.25, 0.3) is 11.5 Å². The second-order valence-corrected chi connectivity index (χ2v) is 4.06. The molecular weight excluding hydrogens is 212 g/mol. The number of aromatic nitrogens is 2. The maximum Gasteiger partial charge on any atom is 0.266 e. The van der Waals surface area contributed by atoms with Crippen LogP contribution in [0.3, 0.4) is 0 Å². The zero-order chi connectivity index (χ0) is 10.8. The van der Waals surface area contributed by atoms with Crippen molar-refractivity contribution >= 4 is 22.3 Å². The molecule has 0 unspecified atom stereocenters. The van der Waals surface area contributed by atoms with E-state index in [1.807, 2.05) is 30.3 Å². The lowest BCUT2D eigenvalue weighted by atomic mass is 10.3. The third-order valence-corrected chi connectivity index (χ3v) is 2.90. The Bertz CT molecular complexity index is 450. The van der Waals surface area contributed by atoms with Crippen LogP contribution in [0, 0.1) is 0 Å². The molecule has 2 rings (SSSR count). The maximum atomic E-state index is 5.77. The predicted molar refractivity (Wildman–Crippen MR) is 61.0 cm³/mol. The average molecular weight is 224 g/mol. The van der Waals surface area contributed by atoms with Gasteiger partial charge in [-0.15, -0.1) is 11.3 Å². The van der Waals surface area contributed by atoms with Gasteiger partial charge in [0.15, 0.2) is 0 Å². The van der Waals surface area contributed by atoms with Crippen molar-refractivity contribution in [2.24, 2.45) is 0 Å². The van der Waals surface area contributed by atoms with Crippen LogP contribution in [0.2, 0.25) is 0 Å². The number of thiophene rings is 1. The van der Waals surface area contributed by atoms with E-state index < -0.39 is 0 Å². The molecule has 0 fully saturated rings. The van der Waals surface area contributed by atoms with Crippen molar-refractivity contribution in [1.29, 1.82) is 0 Å². The van der Waals surface area contributed by atoms with Gasteiger partial charge in [-0.1, -0.05) is 0 Å². The minimum Gasteiger partial charge on any atom is -0.390 e. The summed E-state index contributed by atoms with van der Waals surface area (Å²) in [5.41, 5.74) is 6.58. The van der Waals surface area contributed by atoms with Gasteiger partial charge in [-0.2, -0.15) is 4.98 Å². The van der Waals surface area contributed by atoms with Gasteiger partial charge in [-0.3, -0.25) is 0 Å². The van der Waals surface area contributed by atoms with E-state index in [-0.39, 0.29) is 0 Å². The molecule has 15 heavy (non-hydrogen) atoms. The molecule has 0 radical (unpaired) electrons. The number of nitrogen functional groups attached to an aromatic ring is 1. The summed E-state index contributed by atoms with van der Waals surface area (Å²) in [6.07, 6.45) is 0. The highest BCUT2D eigenvalue weighted by Crippen LogP contribution is 2.29. The van der Waals surface area contributed by atoms with Crippen LogP contribution in [-0.4, -0.2) is 23.7 Å². The summed E-state index contributed by atoms with van der Waals surface area (Å²) in [5, 5.41) is 6.47. The van der Waals surface area contributed by atoms with Gasteiger partial charge >= 0.3 is 0 Å². The Hall–Kier alpha value is -1.56. The topological polar surface area (TPSA) is 68.2 Å². The van der Waals surface area contributed by atoms with Crippen LogP contribution in [0.4, 0.5) is 10.9 Å². The summed E-state index contributed by atoms with van der Waals surface area (Å²) in [4.78, 5) is 6.16. The van der Waals surface area contributed by atoms with Crippen molar-refractivity contribution in [3.63, 3.8) is 0 Å². The third kappa shape index (κ3) is 1.80. The molecule has 0 atom stereocenters. The fraction of sp³-hybridized carbons (Fsp3) is 0.333. The minimum atomic E-state index is 0.476. The van der Waals surface area contributed by atoms with Crippen LogP contribution < -0.4 is 10.6 Å². The number of anilines is 2. The first-order valence-electron chi connectivity index (χ1n) is 4.60. The van der Waals surface area contributed by atoms with Crippen LogP contribution in [0.15, 0.2) is 16.0 Å². The monoisotopic (exact) mass is 224 g/mol. The van der Waals surface area contributed by atoms with Gasteiger partial charge in [0, 0.05) is 13.6 Å². The van der Waals surface area contributed by atoms with Crippen molar-refractivity contribution < 1.29 is 4.52 Å². The molecule has 80 valence electrons. The SMILES string of the molecule is CCN(C)c1noc(-c2ccsc2N)n1. The first-order valence-corrected chi connectivity index (χ1v) is 5.48. The summed E-state index contributed by atoms with van der Waals surface area (Å²) < 4.78 is 5.14. The first-order chi connectivity index (χ1) is 7.22. The van der Waals surface area contributed by atoms with Crippen LogP contribution in [-0.2, 0) is 0 Å². The second-order valence-electron chi connectivity index (χ2n) is 3.11. The quantitative estimate of drug-likeness (QED) is 0.861. The molecule has 5 nitrogen and oxygen atoms in total. The molecule has 2 aromatic heterocycles. The third-order valence-electron chi connectivity index (χ3n) is 2.16.